The van der Waals surface area contributed by atoms with Gasteiger partial charge in [0.25, 0.3) is 0 Å². The summed E-state index contributed by atoms with van der Waals surface area (Å²) in [7, 11) is 2.19. The minimum atomic E-state index is -1.00. The second kappa shape index (κ2) is 8.98. The number of halogens is 1. The third-order valence-electron chi connectivity index (χ3n) is 9.45. The molecule has 2 aliphatic carbocycles. The Morgan fingerprint density at radius 2 is 1.68 bits per heavy atom. The van der Waals surface area contributed by atoms with Crippen molar-refractivity contribution in [2.75, 3.05) is 13.6 Å². The lowest BCUT2D eigenvalue weighted by Gasteiger charge is -2.56. The number of likely N-dealkylation sites (tertiary alicyclic amines) is 1. The molecular formula is C32H32ClNO4. The number of hydrogen-bond acceptors (Lipinski definition) is 5. The largest absolute Gasteiger partial charge is 0.482 e. The van der Waals surface area contributed by atoms with Crippen molar-refractivity contribution in [2.24, 2.45) is 5.92 Å². The predicted molar refractivity (Wildman–Crippen MR) is 148 cm³/mol. The highest BCUT2D eigenvalue weighted by atomic mass is 35.5. The number of piperidine rings is 1. The Labute approximate surface area is 229 Å². The van der Waals surface area contributed by atoms with Crippen LogP contribution in [0.5, 0.6) is 11.5 Å². The molecule has 5 nitrogen and oxygen atoms in total. The van der Waals surface area contributed by atoms with E-state index in [1.54, 1.807) is 0 Å². The molecule has 1 spiro atoms. The molecular weight excluding hydrogens is 498 g/mol. The van der Waals surface area contributed by atoms with Gasteiger partial charge in [0.05, 0.1) is 0 Å². The Balaban J connectivity index is 0.00000264. The predicted octanol–water partition coefficient (Wildman–Crippen LogP) is 4.83. The Morgan fingerprint density at radius 1 is 1.03 bits per heavy atom. The van der Waals surface area contributed by atoms with E-state index in [-0.39, 0.29) is 35.8 Å². The number of aliphatic hydroxyl groups is 1. The third-order valence-corrected chi connectivity index (χ3v) is 9.45. The van der Waals surface area contributed by atoms with Crippen molar-refractivity contribution in [1.29, 1.82) is 0 Å². The molecule has 38 heavy (non-hydrogen) atoms. The molecule has 0 radical (unpaired) electrons. The van der Waals surface area contributed by atoms with E-state index in [4.69, 9.17) is 9.47 Å². The van der Waals surface area contributed by atoms with Crippen LogP contribution in [0.1, 0.15) is 35.6 Å². The highest BCUT2D eigenvalue weighted by molar-refractivity contribution is 5.89. The van der Waals surface area contributed by atoms with E-state index in [9.17, 15) is 9.90 Å². The number of carbonyl (C=O) groups excluding carboxylic acids is 1. The highest BCUT2D eigenvalue weighted by Crippen LogP contribution is 2.62. The van der Waals surface area contributed by atoms with Gasteiger partial charge in [0, 0.05) is 22.9 Å². The van der Waals surface area contributed by atoms with Crippen molar-refractivity contribution in [3.63, 3.8) is 0 Å². The van der Waals surface area contributed by atoms with Gasteiger partial charge in [-0.1, -0.05) is 78.9 Å². The summed E-state index contributed by atoms with van der Waals surface area (Å²) in [6, 6.07) is 23.9. The van der Waals surface area contributed by atoms with Crippen LogP contribution >= 0.6 is 12.4 Å². The zero-order valence-corrected chi connectivity index (χ0v) is 22.4. The lowest BCUT2D eigenvalue weighted by Crippen LogP contribution is -2.64. The van der Waals surface area contributed by atoms with Crippen LogP contribution in [0.3, 0.4) is 0 Å². The highest BCUT2D eigenvalue weighted by Gasteiger charge is 2.64. The summed E-state index contributed by atoms with van der Waals surface area (Å²) < 4.78 is 12.9. The van der Waals surface area contributed by atoms with Crippen LogP contribution in [0.15, 0.2) is 84.9 Å². The molecule has 1 saturated heterocycles. The Hall–Kier alpha value is -3.12. The fourth-order valence-corrected chi connectivity index (χ4v) is 7.46. The van der Waals surface area contributed by atoms with Gasteiger partial charge in [0.1, 0.15) is 17.6 Å². The number of ether oxygens (including phenoxy) is 2. The summed E-state index contributed by atoms with van der Waals surface area (Å²) in [5.41, 5.74) is 2.82. The summed E-state index contributed by atoms with van der Waals surface area (Å²) in [5.74, 6) is 0.978. The molecule has 3 aromatic carbocycles. The van der Waals surface area contributed by atoms with E-state index in [0.717, 1.165) is 36.1 Å². The number of rotatable bonds is 4. The molecule has 196 valence electrons. The van der Waals surface area contributed by atoms with Crippen LogP contribution < -0.4 is 9.47 Å². The molecule has 4 aliphatic rings. The summed E-state index contributed by atoms with van der Waals surface area (Å²) in [6.45, 7) is 2.87. The van der Waals surface area contributed by atoms with Crippen molar-refractivity contribution in [1.82, 2.24) is 4.90 Å². The quantitative estimate of drug-likeness (QED) is 0.298. The first kappa shape index (κ1) is 25.2. The second-order valence-corrected chi connectivity index (χ2v) is 11.2. The van der Waals surface area contributed by atoms with Crippen LogP contribution in [0.25, 0.3) is 0 Å². The maximum Gasteiger partial charge on any atom is 0.326 e. The fourth-order valence-electron chi connectivity index (χ4n) is 7.46. The van der Waals surface area contributed by atoms with Crippen molar-refractivity contribution < 1.29 is 19.4 Å². The Bertz CT molecular complexity index is 1370. The summed E-state index contributed by atoms with van der Waals surface area (Å²) in [4.78, 5) is 16.5. The molecule has 7 rings (SSSR count). The average molecular weight is 530 g/mol. The van der Waals surface area contributed by atoms with Gasteiger partial charge in [-0.15, -0.1) is 12.4 Å². The lowest BCUT2D eigenvalue weighted by molar-refractivity contribution is -0.138. The van der Waals surface area contributed by atoms with Crippen molar-refractivity contribution >= 4 is 18.4 Å². The van der Waals surface area contributed by atoms with Crippen LogP contribution in [0.2, 0.25) is 0 Å². The van der Waals surface area contributed by atoms with Crippen LogP contribution in [0.4, 0.5) is 0 Å². The van der Waals surface area contributed by atoms with E-state index < -0.39 is 11.5 Å². The van der Waals surface area contributed by atoms with E-state index in [1.165, 1.54) is 5.56 Å². The van der Waals surface area contributed by atoms with Gasteiger partial charge in [-0.25, -0.2) is 0 Å². The molecule has 6 heteroatoms. The zero-order chi connectivity index (χ0) is 25.4. The van der Waals surface area contributed by atoms with Crippen molar-refractivity contribution in [3.8, 4) is 11.5 Å². The Kier molecular flexibility index (Phi) is 5.95. The molecule has 1 fully saturated rings. The van der Waals surface area contributed by atoms with Gasteiger partial charge < -0.3 is 19.5 Å². The maximum atomic E-state index is 14.1. The monoisotopic (exact) mass is 529 g/mol. The van der Waals surface area contributed by atoms with Crippen LogP contribution in [-0.2, 0) is 22.0 Å². The molecule has 0 amide bonds. The molecule has 2 bridgehead atoms. The standard InChI is InChI=1S/C32H31NO4.ClH/c1-31(21-9-5-3-6-10-21,22-11-7-4-8-12-22)30(35)36-26-16-13-20-19-24-23-14-15-25(34)29-32(23,17-18-33(24)2)27(20)28(26)37-29;/h3-16,23-25,29,34H,17-19H2,1-2H3;1H/t23-,24+,25-,29-,32-;/m0./s1. The topological polar surface area (TPSA) is 59.0 Å². The van der Waals surface area contributed by atoms with Gasteiger partial charge in [-0.2, -0.15) is 0 Å². The number of esters is 1. The molecule has 0 aromatic heterocycles. The molecule has 5 atom stereocenters. The summed E-state index contributed by atoms with van der Waals surface area (Å²) >= 11 is 0. The molecule has 1 N–H and O–H groups in total. The third kappa shape index (κ3) is 3.28. The van der Waals surface area contributed by atoms with Gasteiger partial charge in [0.15, 0.2) is 11.5 Å². The van der Waals surface area contributed by atoms with E-state index in [2.05, 4.69) is 24.1 Å². The number of likely N-dealkylation sites (N-methyl/N-ethyl adjacent to an activating group) is 1. The van der Waals surface area contributed by atoms with Gasteiger partial charge in [-0.3, -0.25) is 4.79 Å². The van der Waals surface area contributed by atoms with Crippen LogP contribution in [0, 0.1) is 5.92 Å². The van der Waals surface area contributed by atoms with E-state index in [1.807, 2.05) is 79.7 Å². The Morgan fingerprint density at radius 3 is 2.34 bits per heavy atom. The smallest absolute Gasteiger partial charge is 0.326 e. The first-order valence-corrected chi connectivity index (χ1v) is 13.2. The van der Waals surface area contributed by atoms with Gasteiger partial charge >= 0.3 is 5.97 Å². The average Bonchev–Trinajstić information content (AvgIpc) is 3.29. The maximum absolute atomic E-state index is 14.1. The van der Waals surface area contributed by atoms with Crippen molar-refractivity contribution in [3.05, 3.63) is 107 Å². The fraction of sp³-hybridized carbons (Fsp3) is 0.344. The van der Waals surface area contributed by atoms with Gasteiger partial charge in [-0.05, 0) is 56.1 Å². The first-order valence-electron chi connectivity index (χ1n) is 13.2. The molecule has 2 heterocycles. The van der Waals surface area contributed by atoms with Crippen molar-refractivity contribution in [2.45, 2.75) is 48.8 Å². The number of carbonyl (C=O) groups is 1. The van der Waals surface area contributed by atoms with E-state index in [0.29, 0.717) is 17.5 Å². The summed E-state index contributed by atoms with van der Waals surface area (Å²) in [5, 5.41) is 11.0. The number of nitrogens with zero attached hydrogens (tertiary/aromatic N) is 1. The van der Waals surface area contributed by atoms with E-state index >= 15 is 0 Å². The molecule has 0 saturated carbocycles. The number of hydrogen-bond donors (Lipinski definition) is 1. The molecule has 3 aromatic rings. The van der Waals surface area contributed by atoms with Crippen LogP contribution in [-0.4, -0.2) is 47.8 Å². The minimum Gasteiger partial charge on any atom is -0.482 e. The minimum absolute atomic E-state index is 0. The van der Waals surface area contributed by atoms with Gasteiger partial charge in [0.2, 0.25) is 0 Å². The molecule has 2 aliphatic heterocycles. The number of aliphatic hydroxyl groups excluding tert-OH is 1. The second-order valence-electron chi connectivity index (χ2n) is 11.2. The zero-order valence-electron chi connectivity index (χ0n) is 21.5. The lowest BCUT2D eigenvalue weighted by atomic mass is 9.53. The first-order chi connectivity index (χ1) is 17.9. The summed E-state index contributed by atoms with van der Waals surface area (Å²) in [6.07, 6.45) is 4.85. The molecule has 0 unspecified atom stereocenters. The SMILES string of the molecule is CN1CC[C@]23c4c5ccc(OC(=O)C(C)(c6ccccc6)c6ccccc6)c4O[C@H]2[C@@H](O)C=C[C@H]3[C@H]1C5.Cl. The normalized spacial score (nSPS) is 28.6. The number of benzene rings is 3.